The van der Waals surface area contributed by atoms with E-state index in [1.54, 1.807) is 6.20 Å². The Morgan fingerprint density at radius 3 is 2.72 bits per heavy atom. The van der Waals surface area contributed by atoms with Crippen LogP contribution in [0.1, 0.15) is 22.5 Å². The Kier molecular flexibility index (Phi) is 4.02. The minimum absolute atomic E-state index is 0.0497. The first kappa shape index (κ1) is 15.5. The maximum Gasteiger partial charge on any atom is 0.228 e. The Balaban J connectivity index is 1.52. The van der Waals surface area contributed by atoms with Crippen LogP contribution in [0.4, 0.5) is 5.69 Å². The number of hydrogen-bond donors (Lipinski definition) is 1. The highest BCUT2D eigenvalue weighted by Gasteiger charge is 2.18. The molecule has 0 saturated heterocycles. The zero-order valence-electron chi connectivity index (χ0n) is 14.1. The second-order valence-electron chi connectivity index (χ2n) is 6.44. The molecule has 0 saturated carbocycles. The van der Waals surface area contributed by atoms with Gasteiger partial charge in [-0.25, -0.2) is 9.97 Å². The number of fused-ring (bicyclic) bond motifs is 1. The van der Waals surface area contributed by atoms with Gasteiger partial charge in [-0.15, -0.1) is 0 Å². The average molecular weight is 329 g/mol. The first-order valence-corrected chi connectivity index (χ1v) is 8.48. The van der Waals surface area contributed by atoms with Crippen LogP contribution in [0, 0.1) is 6.92 Å². The molecule has 3 aromatic rings. The molecule has 1 amide bonds. The molecule has 0 unspecified atom stereocenters. The van der Waals surface area contributed by atoms with Gasteiger partial charge in [-0.3, -0.25) is 4.79 Å². The van der Waals surface area contributed by atoms with Gasteiger partial charge in [0, 0.05) is 23.9 Å². The third-order valence-electron chi connectivity index (χ3n) is 4.49. The lowest BCUT2D eigenvalue weighted by atomic mass is 10.1. The van der Waals surface area contributed by atoms with Crippen molar-refractivity contribution in [1.82, 2.24) is 9.97 Å². The molecule has 25 heavy (non-hydrogen) atoms. The van der Waals surface area contributed by atoms with E-state index in [1.165, 1.54) is 11.1 Å². The van der Waals surface area contributed by atoms with Crippen molar-refractivity contribution in [1.29, 1.82) is 0 Å². The lowest BCUT2D eigenvalue weighted by Gasteiger charge is -2.06. The van der Waals surface area contributed by atoms with Crippen molar-refractivity contribution in [3.63, 3.8) is 0 Å². The molecule has 124 valence electrons. The van der Waals surface area contributed by atoms with Crippen LogP contribution < -0.4 is 5.32 Å². The second kappa shape index (κ2) is 6.48. The van der Waals surface area contributed by atoms with Gasteiger partial charge in [-0.05, 0) is 36.6 Å². The van der Waals surface area contributed by atoms with Crippen molar-refractivity contribution in [3.05, 3.63) is 77.2 Å². The van der Waals surface area contributed by atoms with Crippen LogP contribution in [-0.2, 0) is 24.1 Å². The van der Waals surface area contributed by atoms with Gasteiger partial charge in [0.1, 0.15) is 5.82 Å². The van der Waals surface area contributed by atoms with Gasteiger partial charge in [0.25, 0.3) is 0 Å². The predicted octanol–water partition coefficient (Wildman–Crippen LogP) is 3.73. The summed E-state index contributed by atoms with van der Waals surface area (Å²) >= 11 is 0. The normalized spacial score (nSPS) is 12.8. The first-order valence-electron chi connectivity index (χ1n) is 8.48. The highest BCUT2D eigenvalue weighted by atomic mass is 16.1. The van der Waals surface area contributed by atoms with Crippen LogP contribution in [-0.4, -0.2) is 15.9 Å². The number of carbonyl (C=O) groups excluding carboxylic acids is 1. The zero-order chi connectivity index (χ0) is 17.2. The van der Waals surface area contributed by atoms with Gasteiger partial charge < -0.3 is 5.32 Å². The summed E-state index contributed by atoms with van der Waals surface area (Å²) in [5.74, 6) is 0.885. The molecule has 0 bridgehead atoms. The fourth-order valence-electron chi connectivity index (χ4n) is 3.06. The summed E-state index contributed by atoms with van der Waals surface area (Å²) < 4.78 is 0. The summed E-state index contributed by atoms with van der Waals surface area (Å²) in [5, 5.41) is 2.89. The van der Waals surface area contributed by atoms with Crippen molar-refractivity contribution in [3.8, 4) is 11.3 Å². The van der Waals surface area contributed by atoms with Crippen molar-refractivity contribution >= 4 is 11.6 Å². The lowest BCUT2D eigenvalue weighted by molar-refractivity contribution is -0.115. The molecule has 1 aliphatic heterocycles. The van der Waals surface area contributed by atoms with E-state index in [4.69, 9.17) is 4.98 Å². The lowest BCUT2D eigenvalue weighted by Crippen LogP contribution is -2.03. The van der Waals surface area contributed by atoms with E-state index in [9.17, 15) is 4.79 Å². The summed E-state index contributed by atoms with van der Waals surface area (Å²) in [5.41, 5.74) is 6.38. The van der Waals surface area contributed by atoms with E-state index >= 15 is 0 Å². The molecule has 1 aromatic heterocycles. The smallest absolute Gasteiger partial charge is 0.228 e. The van der Waals surface area contributed by atoms with Crippen molar-refractivity contribution in [2.24, 2.45) is 0 Å². The number of aryl methyl sites for hydroxylation is 3. The largest absolute Gasteiger partial charge is 0.326 e. The van der Waals surface area contributed by atoms with Crippen LogP contribution in [0.2, 0.25) is 0 Å². The molecule has 2 aromatic carbocycles. The highest BCUT2D eigenvalue weighted by molar-refractivity contribution is 5.99. The van der Waals surface area contributed by atoms with Gasteiger partial charge in [-0.2, -0.15) is 0 Å². The molecule has 0 fully saturated rings. The molecular formula is C21H19N3O. The molecule has 4 nitrogen and oxygen atoms in total. The summed E-state index contributed by atoms with van der Waals surface area (Å²) in [6, 6.07) is 16.5. The minimum atomic E-state index is 0.0497. The Morgan fingerprint density at radius 1 is 1.04 bits per heavy atom. The molecule has 1 N–H and O–H groups in total. The number of nitrogens with one attached hydrogen (secondary N) is 1. The summed E-state index contributed by atoms with van der Waals surface area (Å²) in [6.07, 6.45) is 3.99. The Hall–Kier alpha value is -3.01. The highest BCUT2D eigenvalue weighted by Crippen LogP contribution is 2.28. The van der Waals surface area contributed by atoms with Crippen molar-refractivity contribution < 1.29 is 4.79 Å². The van der Waals surface area contributed by atoms with Crippen LogP contribution >= 0.6 is 0 Å². The van der Waals surface area contributed by atoms with Crippen LogP contribution in [0.3, 0.4) is 0 Å². The molecule has 4 rings (SSSR count). The van der Waals surface area contributed by atoms with E-state index in [2.05, 4.69) is 41.5 Å². The molecule has 0 atom stereocenters. The number of hydrogen-bond acceptors (Lipinski definition) is 3. The number of amides is 1. The zero-order valence-corrected chi connectivity index (χ0v) is 14.1. The number of rotatable bonds is 4. The Bertz CT molecular complexity index is 932. The van der Waals surface area contributed by atoms with E-state index in [0.29, 0.717) is 6.42 Å². The van der Waals surface area contributed by atoms with Crippen LogP contribution in [0.25, 0.3) is 11.3 Å². The van der Waals surface area contributed by atoms with Gasteiger partial charge in [0.15, 0.2) is 0 Å². The van der Waals surface area contributed by atoms with E-state index < -0.39 is 0 Å². The summed E-state index contributed by atoms with van der Waals surface area (Å²) in [6.45, 7) is 2.09. The molecule has 1 aliphatic rings. The third-order valence-corrected chi connectivity index (χ3v) is 4.49. The molecule has 0 spiro atoms. The fraction of sp³-hybridized carbons (Fsp3) is 0.190. The monoisotopic (exact) mass is 329 g/mol. The second-order valence-corrected chi connectivity index (χ2v) is 6.44. The molecule has 2 heterocycles. The Morgan fingerprint density at radius 2 is 1.88 bits per heavy atom. The summed E-state index contributed by atoms with van der Waals surface area (Å²) in [4.78, 5) is 20.6. The SMILES string of the molecule is Cc1ccc(CCc2nccc(-c3ccc4c(c3)NC(=O)C4)n2)cc1. The maximum absolute atomic E-state index is 11.5. The number of benzene rings is 2. The minimum Gasteiger partial charge on any atom is -0.326 e. The van der Waals surface area contributed by atoms with E-state index in [1.807, 2.05) is 24.3 Å². The molecule has 0 radical (unpaired) electrons. The van der Waals surface area contributed by atoms with Crippen molar-refractivity contribution in [2.45, 2.75) is 26.2 Å². The number of carbonyl (C=O) groups is 1. The quantitative estimate of drug-likeness (QED) is 0.793. The van der Waals surface area contributed by atoms with Gasteiger partial charge >= 0.3 is 0 Å². The molecular weight excluding hydrogens is 310 g/mol. The number of anilines is 1. The van der Waals surface area contributed by atoms with Crippen molar-refractivity contribution in [2.75, 3.05) is 5.32 Å². The average Bonchev–Trinajstić information content (AvgIpc) is 3.00. The Labute approximate surface area is 147 Å². The van der Waals surface area contributed by atoms with E-state index in [-0.39, 0.29) is 5.91 Å². The van der Waals surface area contributed by atoms with Crippen LogP contribution in [0.5, 0.6) is 0 Å². The topological polar surface area (TPSA) is 54.9 Å². The van der Waals surface area contributed by atoms with Crippen LogP contribution in [0.15, 0.2) is 54.7 Å². The number of aromatic nitrogens is 2. The predicted molar refractivity (Wildman–Crippen MR) is 98.4 cm³/mol. The van der Waals surface area contributed by atoms with Gasteiger partial charge in [0.05, 0.1) is 12.1 Å². The molecule has 0 aliphatic carbocycles. The standard InChI is InChI=1S/C21H19N3O/c1-14-2-4-15(5-3-14)6-9-20-22-11-10-18(23-20)16-7-8-17-13-21(25)24-19(17)12-16/h2-5,7-8,10-12H,6,9,13H2,1H3,(H,24,25). The summed E-state index contributed by atoms with van der Waals surface area (Å²) in [7, 11) is 0. The third kappa shape index (κ3) is 3.43. The molecule has 4 heteroatoms. The van der Waals surface area contributed by atoms with Gasteiger partial charge in [0.2, 0.25) is 5.91 Å². The van der Waals surface area contributed by atoms with E-state index in [0.717, 1.165) is 41.2 Å². The number of nitrogens with zero attached hydrogens (tertiary/aromatic N) is 2. The fourth-order valence-corrected chi connectivity index (χ4v) is 3.06. The van der Waals surface area contributed by atoms with Gasteiger partial charge in [-0.1, -0.05) is 42.0 Å². The maximum atomic E-state index is 11.5. The first-order chi connectivity index (χ1) is 12.2.